The van der Waals surface area contributed by atoms with E-state index in [0.717, 1.165) is 19.4 Å². The lowest BCUT2D eigenvalue weighted by molar-refractivity contribution is -0.148. The largest absolute Gasteiger partial charge is 0.468 e. The van der Waals surface area contributed by atoms with E-state index in [9.17, 15) is 4.79 Å². The molecule has 0 aromatic heterocycles. The van der Waals surface area contributed by atoms with Crippen LogP contribution in [0.5, 0.6) is 0 Å². The van der Waals surface area contributed by atoms with Gasteiger partial charge in [-0.2, -0.15) is 0 Å². The predicted octanol–water partition coefficient (Wildman–Crippen LogP) is 2.20. The van der Waals surface area contributed by atoms with Crippen molar-refractivity contribution in [3.8, 4) is 0 Å². The first kappa shape index (κ1) is 12.5. The van der Waals surface area contributed by atoms with E-state index < -0.39 is 0 Å². The van der Waals surface area contributed by atoms with Gasteiger partial charge in [-0.3, -0.25) is 9.69 Å². The lowest BCUT2D eigenvalue weighted by Crippen LogP contribution is -2.49. The van der Waals surface area contributed by atoms with Crippen molar-refractivity contribution in [2.45, 2.75) is 58.0 Å². The number of piperidine rings is 1. The zero-order valence-electron chi connectivity index (χ0n) is 10.2. The molecule has 88 valence electrons. The second-order valence-electron chi connectivity index (χ2n) is 4.41. The Morgan fingerprint density at radius 1 is 1.53 bits per heavy atom. The summed E-state index contributed by atoms with van der Waals surface area (Å²) in [4.78, 5) is 14.0. The van der Waals surface area contributed by atoms with Crippen LogP contribution in [-0.4, -0.2) is 36.6 Å². The van der Waals surface area contributed by atoms with Crippen molar-refractivity contribution < 1.29 is 9.53 Å². The fourth-order valence-electron chi connectivity index (χ4n) is 2.41. The van der Waals surface area contributed by atoms with Crippen LogP contribution in [0.2, 0.25) is 0 Å². The number of hydrogen-bond acceptors (Lipinski definition) is 3. The van der Waals surface area contributed by atoms with E-state index >= 15 is 0 Å². The van der Waals surface area contributed by atoms with Crippen LogP contribution in [0.3, 0.4) is 0 Å². The van der Waals surface area contributed by atoms with Crippen molar-refractivity contribution >= 4 is 5.97 Å². The highest BCUT2D eigenvalue weighted by atomic mass is 16.5. The smallest absolute Gasteiger partial charge is 0.323 e. The van der Waals surface area contributed by atoms with Gasteiger partial charge in [-0.15, -0.1) is 0 Å². The van der Waals surface area contributed by atoms with Crippen LogP contribution < -0.4 is 0 Å². The topological polar surface area (TPSA) is 29.5 Å². The lowest BCUT2D eigenvalue weighted by Gasteiger charge is -2.38. The maximum atomic E-state index is 11.7. The molecule has 1 heterocycles. The number of carbonyl (C=O) groups is 1. The third kappa shape index (κ3) is 3.20. The minimum absolute atomic E-state index is 0.0182. The molecule has 0 radical (unpaired) electrons. The maximum Gasteiger partial charge on any atom is 0.323 e. The van der Waals surface area contributed by atoms with Crippen LogP contribution in [0.1, 0.15) is 46.0 Å². The molecule has 1 aliphatic heterocycles. The van der Waals surface area contributed by atoms with Gasteiger partial charge < -0.3 is 4.74 Å². The molecular formula is C12H23NO2. The van der Waals surface area contributed by atoms with E-state index in [4.69, 9.17) is 4.74 Å². The summed E-state index contributed by atoms with van der Waals surface area (Å²) in [6.45, 7) is 5.37. The molecule has 0 unspecified atom stereocenters. The minimum atomic E-state index is -0.0643. The number of rotatable bonds is 4. The highest BCUT2D eigenvalue weighted by Gasteiger charge is 2.30. The van der Waals surface area contributed by atoms with Gasteiger partial charge in [0.2, 0.25) is 0 Å². The van der Waals surface area contributed by atoms with Crippen LogP contribution in [0.15, 0.2) is 0 Å². The number of nitrogens with zero attached hydrogens (tertiary/aromatic N) is 1. The molecule has 0 aromatic carbocycles. The molecule has 1 aliphatic rings. The number of hydrogen-bond donors (Lipinski definition) is 0. The monoisotopic (exact) mass is 213 g/mol. The summed E-state index contributed by atoms with van der Waals surface area (Å²) in [7, 11) is 1.49. The van der Waals surface area contributed by atoms with Gasteiger partial charge >= 0.3 is 5.97 Å². The summed E-state index contributed by atoms with van der Waals surface area (Å²) in [5.41, 5.74) is 0. The van der Waals surface area contributed by atoms with E-state index in [0.29, 0.717) is 6.04 Å². The molecule has 1 rings (SSSR count). The Morgan fingerprint density at radius 2 is 2.27 bits per heavy atom. The molecule has 0 saturated carbocycles. The van der Waals surface area contributed by atoms with Crippen molar-refractivity contribution in [1.29, 1.82) is 0 Å². The van der Waals surface area contributed by atoms with Crippen molar-refractivity contribution in [2.24, 2.45) is 0 Å². The Kier molecular flexibility index (Phi) is 5.09. The number of methoxy groups -OCH3 is 1. The molecule has 1 saturated heterocycles. The van der Waals surface area contributed by atoms with E-state index in [1.807, 2.05) is 0 Å². The second kappa shape index (κ2) is 6.11. The fraction of sp³-hybridized carbons (Fsp3) is 0.917. The van der Waals surface area contributed by atoms with Gasteiger partial charge in [0.15, 0.2) is 0 Å². The lowest BCUT2D eigenvalue weighted by atomic mass is 9.99. The molecule has 15 heavy (non-hydrogen) atoms. The third-order valence-corrected chi connectivity index (χ3v) is 3.29. The van der Waals surface area contributed by atoms with Gasteiger partial charge in [-0.1, -0.05) is 19.8 Å². The van der Waals surface area contributed by atoms with Gasteiger partial charge in [0.1, 0.15) is 6.04 Å². The molecular weight excluding hydrogens is 190 g/mol. The van der Waals surface area contributed by atoms with Gasteiger partial charge in [0.05, 0.1) is 7.11 Å². The number of carbonyl (C=O) groups excluding carboxylic acids is 1. The van der Waals surface area contributed by atoms with Crippen molar-refractivity contribution in [1.82, 2.24) is 4.90 Å². The molecule has 3 heteroatoms. The van der Waals surface area contributed by atoms with Crippen LogP contribution in [0.4, 0.5) is 0 Å². The normalized spacial score (nSPS) is 24.9. The van der Waals surface area contributed by atoms with Crippen molar-refractivity contribution in [3.63, 3.8) is 0 Å². The van der Waals surface area contributed by atoms with Crippen LogP contribution in [0, 0.1) is 0 Å². The first-order chi connectivity index (χ1) is 7.20. The van der Waals surface area contributed by atoms with Crippen LogP contribution in [-0.2, 0) is 9.53 Å². The Labute approximate surface area is 92.8 Å². The predicted molar refractivity (Wildman–Crippen MR) is 60.7 cm³/mol. The van der Waals surface area contributed by atoms with Crippen molar-refractivity contribution in [3.05, 3.63) is 0 Å². The quantitative estimate of drug-likeness (QED) is 0.670. The highest BCUT2D eigenvalue weighted by molar-refractivity contribution is 5.75. The van der Waals surface area contributed by atoms with Crippen molar-refractivity contribution in [2.75, 3.05) is 13.7 Å². The highest BCUT2D eigenvalue weighted by Crippen LogP contribution is 2.21. The Hall–Kier alpha value is -0.570. The van der Waals surface area contributed by atoms with E-state index in [-0.39, 0.29) is 12.0 Å². The Bertz CT molecular complexity index is 206. The standard InChI is InChI=1S/C12H23NO2/c1-4-7-11(12(14)15-3)13-9-6-5-8-10(13)2/h10-11H,4-9H2,1-3H3/t10-,11+/m1/s1. The molecule has 0 aliphatic carbocycles. The molecule has 0 amide bonds. The molecule has 2 atom stereocenters. The first-order valence-electron chi connectivity index (χ1n) is 6.04. The average Bonchev–Trinajstić information content (AvgIpc) is 2.26. The average molecular weight is 213 g/mol. The van der Waals surface area contributed by atoms with E-state index in [2.05, 4.69) is 18.7 Å². The van der Waals surface area contributed by atoms with Gasteiger partial charge in [-0.25, -0.2) is 0 Å². The SMILES string of the molecule is CCC[C@@H](C(=O)OC)N1CCCC[C@H]1C. The Morgan fingerprint density at radius 3 is 2.80 bits per heavy atom. The molecule has 0 bridgehead atoms. The first-order valence-corrected chi connectivity index (χ1v) is 6.04. The maximum absolute atomic E-state index is 11.7. The second-order valence-corrected chi connectivity index (χ2v) is 4.41. The number of ether oxygens (including phenoxy) is 1. The molecule has 0 aromatic rings. The fourth-order valence-corrected chi connectivity index (χ4v) is 2.41. The third-order valence-electron chi connectivity index (χ3n) is 3.29. The number of likely N-dealkylation sites (tertiary alicyclic amines) is 1. The molecule has 0 N–H and O–H groups in total. The zero-order chi connectivity index (χ0) is 11.3. The Balaban J connectivity index is 2.64. The summed E-state index contributed by atoms with van der Waals surface area (Å²) in [6, 6.07) is 0.504. The summed E-state index contributed by atoms with van der Waals surface area (Å²) in [5, 5.41) is 0. The minimum Gasteiger partial charge on any atom is -0.468 e. The van der Waals surface area contributed by atoms with Gasteiger partial charge in [0.25, 0.3) is 0 Å². The van der Waals surface area contributed by atoms with Crippen LogP contribution >= 0.6 is 0 Å². The van der Waals surface area contributed by atoms with E-state index in [1.165, 1.54) is 26.4 Å². The van der Waals surface area contributed by atoms with E-state index in [1.54, 1.807) is 0 Å². The molecule has 3 nitrogen and oxygen atoms in total. The van der Waals surface area contributed by atoms with Gasteiger partial charge in [0, 0.05) is 6.04 Å². The molecule has 0 spiro atoms. The summed E-state index contributed by atoms with van der Waals surface area (Å²) < 4.78 is 4.89. The number of esters is 1. The summed E-state index contributed by atoms with van der Waals surface area (Å²) in [5.74, 6) is -0.0643. The molecule has 1 fully saturated rings. The zero-order valence-corrected chi connectivity index (χ0v) is 10.2. The summed E-state index contributed by atoms with van der Waals surface area (Å²) in [6.07, 6.45) is 5.65. The van der Waals surface area contributed by atoms with Gasteiger partial charge in [-0.05, 0) is 32.7 Å². The van der Waals surface area contributed by atoms with Crippen LogP contribution in [0.25, 0.3) is 0 Å². The summed E-state index contributed by atoms with van der Waals surface area (Å²) >= 11 is 0.